The average molecular weight is 294 g/mol. The first-order chi connectivity index (χ1) is 10.0. The number of nitrogens with two attached hydrogens (primary N) is 1. The molecule has 0 saturated carbocycles. The first kappa shape index (κ1) is 16.9. The SMILES string of the molecule is CCCC(CN)Nc1ccc(C(=O)NCC)cc1[N+](=O)[O-]. The van der Waals surface area contributed by atoms with E-state index in [2.05, 4.69) is 10.6 Å². The molecular formula is C14H22N4O3. The second kappa shape index (κ2) is 8.21. The topological polar surface area (TPSA) is 110 Å². The van der Waals surface area contributed by atoms with Crippen molar-refractivity contribution in [3.63, 3.8) is 0 Å². The average Bonchev–Trinajstić information content (AvgIpc) is 2.47. The molecule has 1 aromatic rings. The maximum absolute atomic E-state index is 11.7. The fourth-order valence-corrected chi connectivity index (χ4v) is 2.03. The highest BCUT2D eigenvalue weighted by atomic mass is 16.6. The van der Waals surface area contributed by atoms with Crippen molar-refractivity contribution in [2.45, 2.75) is 32.7 Å². The van der Waals surface area contributed by atoms with E-state index in [0.717, 1.165) is 12.8 Å². The van der Waals surface area contributed by atoms with Crippen LogP contribution in [0.1, 0.15) is 37.0 Å². The molecule has 1 rings (SSSR count). The lowest BCUT2D eigenvalue weighted by Crippen LogP contribution is -2.29. The summed E-state index contributed by atoms with van der Waals surface area (Å²) in [5.41, 5.74) is 6.19. The van der Waals surface area contributed by atoms with Crippen molar-refractivity contribution >= 4 is 17.3 Å². The normalized spacial score (nSPS) is 11.8. The number of amides is 1. The van der Waals surface area contributed by atoms with E-state index in [0.29, 0.717) is 18.8 Å². The lowest BCUT2D eigenvalue weighted by Gasteiger charge is -2.17. The van der Waals surface area contributed by atoms with Gasteiger partial charge in [-0.15, -0.1) is 0 Å². The summed E-state index contributed by atoms with van der Waals surface area (Å²) in [7, 11) is 0. The van der Waals surface area contributed by atoms with Gasteiger partial charge >= 0.3 is 0 Å². The highest BCUT2D eigenvalue weighted by Gasteiger charge is 2.19. The third kappa shape index (κ3) is 4.71. The molecule has 21 heavy (non-hydrogen) atoms. The summed E-state index contributed by atoms with van der Waals surface area (Å²) in [6.45, 7) is 4.68. The van der Waals surface area contributed by atoms with Gasteiger partial charge in [0.25, 0.3) is 11.6 Å². The van der Waals surface area contributed by atoms with Gasteiger partial charge in [0, 0.05) is 30.8 Å². The van der Waals surface area contributed by atoms with Crippen molar-refractivity contribution in [1.82, 2.24) is 5.32 Å². The van der Waals surface area contributed by atoms with Crippen LogP contribution in [0.25, 0.3) is 0 Å². The van der Waals surface area contributed by atoms with Crippen molar-refractivity contribution in [3.8, 4) is 0 Å². The van der Waals surface area contributed by atoms with Gasteiger partial charge in [-0.25, -0.2) is 0 Å². The molecule has 0 spiro atoms. The van der Waals surface area contributed by atoms with E-state index in [-0.39, 0.29) is 23.2 Å². The predicted octanol–water partition coefficient (Wildman–Crippen LogP) is 1.88. The molecular weight excluding hydrogens is 272 g/mol. The van der Waals surface area contributed by atoms with Crippen LogP contribution in [0.5, 0.6) is 0 Å². The molecule has 1 aromatic carbocycles. The van der Waals surface area contributed by atoms with Crippen LogP contribution in [0.2, 0.25) is 0 Å². The Labute approximate surface area is 124 Å². The van der Waals surface area contributed by atoms with E-state index in [4.69, 9.17) is 5.73 Å². The van der Waals surface area contributed by atoms with Gasteiger partial charge in [0.15, 0.2) is 0 Å². The molecule has 0 saturated heterocycles. The van der Waals surface area contributed by atoms with E-state index in [1.165, 1.54) is 6.07 Å². The zero-order valence-corrected chi connectivity index (χ0v) is 12.4. The van der Waals surface area contributed by atoms with Gasteiger partial charge in [0.2, 0.25) is 0 Å². The standard InChI is InChI=1S/C14H22N4O3/c1-3-5-11(9-15)17-12-7-6-10(14(19)16-4-2)8-13(12)18(20)21/h6-8,11,17H,3-5,9,15H2,1-2H3,(H,16,19). The summed E-state index contributed by atoms with van der Waals surface area (Å²) in [6.07, 6.45) is 1.76. The highest BCUT2D eigenvalue weighted by molar-refractivity contribution is 5.95. The Morgan fingerprint density at radius 1 is 1.43 bits per heavy atom. The number of nitro groups is 1. The smallest absolute Gasteiger partial charge is 0.293 e. The van der Waals surface area contributed by atoms with Crippen LogP contribution in [0.3, 0.4) is 0 Å². The number of carbonyl (C=O) groups excluding carboxylic acids is 1. The fraction of sp³-hybridized carbons (Fsp3) is 0.500. The summed E-state index contributed by atoms with van der Waals surface area (Å²) in [5, 5.41) is 16.9. The molecule has 0 aromatic heterocycles. The van der Waals surface area contributed by atoms with Gasteiger partial charge in [-0.3, -0.25) is 14.9 Å². The summed E-state index contributed by atoms with van der Waals surface area (Å²) in [5.74, 6) is -0.323. The van der Waals surface area contributed by atoms with Gasteiger partial charge < -0.3 is 16.4 Å². The second-order valence-corrected chi connectivity index (χ2v) is 4.71. The Balaban J connectivity index is 3.04. The molecule has 0 aliphatic carbocycles. The Kier molecular flexibility index (Phi) is 6.61. The van der Waals surface area contributed by atoms with Crippen LogP contribution in [-0.2, 0) is 0 Å². The Bertz CT molecular complexity index is 505. The molecule has 4 N–H and O–H groups in total. The van der Waals surface area contributed by atoms with E-state index in [9.17, 15) is 14.9 Å². The van der Waals surface area contributed by atoms with Crippen LogP contribution in [0.15, 0.2) is 18.2 Å². The molecule has 0 bridgehead atoms. The minimum atomic E-state index is -0.495. The van der Waals surface area contributed by atoms with Gasteiger partial charge in [-0.1, -0.05) is 13.3 Å². The maximum atomic E-state index is 11.7. The molecule has 116 valence electrons. The van der Waals surface area contributed by atoms with E-state index >= 15 is 0 Å². The molecule has 0 heterocycles. The number of benzene rings is 1. The molecule has 0 fully saturated rings. The first-order valence-electron chi connectivity index (χ1n) is 7.06. The molecule has 0 aliphatic rings. The zero-order valence-electron chi connectivity index (χ0n) is 12.4. The molecule has 0 aliphatic heterocycles. The summed E-state index contributed by atoms with van der Waals surface area (Å²) in [6, 6.07) is 4.39. The van der Waals surface area contributed by atoms with Crippen LogP contribution in [0.4, 0.5) is 11.4 Å². The van der Waals surface area contributed by atoms with Crippen molar-refractivity contribution in [3.05, 3.63) is 33.9 Å². The van der Waals surface area contributed by atoms with Gasteiger partial charge in [0.1, 0.15) is 5.69 Å². The molecule has 1 atom stereocenters. The molecule has 1 unspecified atom stereocenters. The maximum Gasteiger partial charge on any atom is 0.293 e. The monoisotopic (exact) mass is 294 g/mol. The number of hydrogen-bond acceptors (Lipinski definition) is 5. The summed E-state index contributed by atoms with van der Waals surface area (Å²) in [4.78, 5) is 22.4. The van der Waals surface area contributed by atoms with Gasteiger partial charge in [-0.2, -0.15) is 0 Å². The molecule has 0 radical (unpaired) electrons. The Morgan fingerprint density at radius 3 is 2.67 bits per heavy atom. The van der Waals surface area contributed by atoms with Crippen LogP contribution in [0, 0.1) is 10.1 Å². The van der Waals surface area contributed by atoms with Crippen LogP contribution in [-0.4, -0.2) is 30.0 Å². The van der Waals surface area contributed by atoms with Crippen molar-refractivity contribution in [1.29, 1.82) is 0 Å². The van der Waals surface area contributed by atoms with E-state index in [1.807, 2.05) is 6.92 Å². The number of hydrogen-bond donors (Lipinski definition) is 3. The number of nitrogens with zero attached hydrogens (tertiary/aromatic N) is 1. The van der Waals surface area contributed by atoms with Crippen molar-refractivity contribution in [2.24, 2.45) is 5.73 Å². The number of nitrogens with one attached hydrogen (secondary N) is 2. The number of nitro benzene ring substituents is 1. The molecule has 7 heteroatoms. The third-order valence-corrected chi connectivity index (χ3v) is 3.08. The lowest BCUT2D eigenvalue weighted by atomic mass is 10.1. The lowest BCUT2D eigenvalue weighted by molar-refractivity contribution is -0.384. The van der Waals surface area contributed by atoms with Gasteiger partial charge in [-0.05, 0) is 25.5 Å². The number of rotatable bonds is 8. The minimum Gasteiger partial charge on any atom is -0.375 e. The van der Waals surface area contributed by atoms with Crippen molar-refractivity contribution in [2.75, 3.05) is 18.4 Å². The van der Waals surface area contributed by atoms with Crippen LogP contribution < -0.4 is 16.4 Å². The number of anilines is 1. The quantitative estimate of drug-likeness (QED) is 0.501. The molecule has 7 nitrogen and oxygen atoms in total. The molecule has 1 amide bonds. The number of carbonyl (C=O) groups is 1. The fourth-order valence-electron chi connectivity index (χ4n) is 2.03. The summed E-state index contributed by atoms with van der Waals surface area (Å²) < 4.78 is 0. The second-order valence-electron chi connectivity index (χ2n) is 4.71. The summed E-state index contributed by atoms with van der Waals surface area (Å²) >= 11 is 0. The predicted molar refractivity (Wildman–Crippen MR) is 82.5 cm³/mol. The zero-order chi connectivity index (χ0) is 15.8. The van der Waals surface area contributed by atoms with E-state index in [1.54, 1.807) is 19.1 Å². The van der Waals surface area contributed by atoms with Crippen LogP contribution >= 0.6 is 0 Å². The first-order valence-corrected chi connectivity index (χ1v) is 7.06. The Morgan fingerprint density at radius 2 is 2.14 bits per heavy atom. The largest absolute Gasteiger partial charge is 0.375 e. The van der Waals surface area contributed by atoms with E-state index < -0.39 is 4.92 Å². The van der Waals surface area contributed by atoms with Gasteiger partial charge in [0.05, 0.1) is 4.92 Å². The minimum absolute atomic E-state index is 0.0241. The van der Waals surface area contributed by atoms with Crippen molar-refractivity contribution < 1.29 is 9.72 Å². The third-order valence-electron chi connectivity index (χ3n) is 3.08. The Hall–Kier alpha value is -2.15. The highest BCUT2D eigenvalue weighted by Crippen LogP contribution is 2.26.